The van der Waals surface area contributed by atoms with Crippen molar-refractivity contribution in [1.29, 1.82) is 0 Å². The monoisotopic (exact) mass is 232 g/mol. The van der Waals surface area contributed by atoms with Gasteiger partial charge in [-0.25, -0.2) is 18.7 Å². The molecule has 17 heavy (non-hydrogen) atoms. The van der Waals surface area contributed by atoms with Gasteiger partial charge in [-0.3, -0.25) is 0 Å². The minimum absolute atomic E-state index is 0.0384. The van der Waals surface area contributed by atoms with Crippen LogP contribution in [0.1, 0.15) is 11.1 Å². The zero-order valence-electron chi connectivity index (χ0n) is 9.03. The molecule has 0 radical (unpaired) electrons. The molecule has 86 valence electrons. The van der Waals surface area contributed by atoms with Gasteiger partial charge in [-0.05, 0) is 6.07 Å². The van der Waals surface area contributed by atoms with E-state index in [9.17, 15) is 8.78 Å². The van der Waals surface area contributed by atoms with Gasteiger partial charge >= 0.3 is 0 Å². The maximum Gasteiger partial charge on any atom is 0.159 e. The number of alkyl halides is 1. The van der Waals surface area contributed by atoms with E-state index in [-0.39, 0.29) is 5.56 Å². The van der Waals surface area contributed by atoms with Crippen molar-refractivity contribution in [3.8, 4) is 11.4 Å². The molecule has 0 unspecified atom stereocenters. The van der Waals surface area contributed by atoms with Crippen LogP contribution in [-0.4, -0.2) is 9.97 Å². The van der Waals surface area contributed by atoms with E-state index in [0.717, 1.165) is 5.56 Å². The van der Waals surface area contributed by atoms with Crippen molar-refractivity contribution in [2.24, 2.45) is 0 Å². The van der Waals surface area contributed by atoms with Crippen LogP contribution in [0.2, 0.25) is 0 Å². The van der Waals surface area contributed by atoms with Crippen LogP contribution in [0.4, 0.5) is 8.78 Å². The van der Waals surface area contributed by atoms with Crippen LogP contribution in [0.25, 0.3) is 17.5 Å². The largest absolute Gasteiger partial charge is 0.246 e. The molecule has 0 spiro atoms. The SMILES string of the molecule is C=Cc1cnc(-c2ccc(CF)c(F)c2)nc1. The van der Waals surface area contributed by atoms with Crippen molar-refractivity contribution < 1.29 is 8.78 Å². The Balaban J connectivity index is 2.38. The van der Waals surface area contributed by atoms with Gasteiger partial charge in [0.1, 0.15) is 12.5 Å². The zero-order chi connectivity index (χ0) is 12.3. The average molecular weight is 232 g/mol. The number of halogens is 2. The highest BCUT2D eigenvalue weighted by molar-refractivity contribution is 5.56. The van der Waals surface area contributed by atoms with Crippen LogP contribution in [-0.2, 0) is 6.67 Å². The molecule has 0 bridgehead atoms. The van der Waals surface area contributed by atoms with Crippen molar-refractivity contribution in [1.82, 2.24) is 9.97 Å². The molecule has 1 heterocycles. The second kappa shape index (κ2) is 4.82. The van der Waals surface area contributed by atoms with Crippen LogP contribution < -0.4 is 0 Å². The summed E-state index contributed by atoms with van der Waals surface area (Å²) in [5, 5.41) is 0. The first-order valence-corrected chi connectivity index (χ1v) is 5.04. The first-order chi connectivity index (χ1) is 8.24. The first kappa shape index (κ1) is 11.4. The Morgan fingerprint density at radius 1 is 1.24 bits per heavy atom. The molecule has 1 aromatic carbocycles. The van der Waals surface area contributed by atoms with Crippen LogP contribution in [0.3, 0.4) is 0 Å². The van der Waals surface area contributed by atoms with E-state index in [1.807, 2.05) is 0 Å². The number of hydrogen-bond donors (Lipinski definition) is 0. The van der Waals surface area contributed by atoms with E-state index in [4.69, 9.17) is 0 Å². The molecular formula is C13H10F2N2. The molecule has 0 saturated heterocycles. The molecule has 2 aromatic rings. The highest BCUT2D eigenvalue weighted by Crippen LogP contribution is 2.19. The summed E-state index contributed by atoms with van der Waals surface area (Å²) < 4.78 is 25.7. The molecule has 2 nitrogen and oxygen atoms in total. The predicted octanol–water partition coefficient (Wildman–Crippen LogP) is 3.40. The minimum Gasteiger partial charge on any atom is -0.246 e. The Bertz CT molecular complexity index is 536. The summed E-state index contributed by atoms with van der Waals surface area (Å²) in [6.07, 6.45) is 4.81. The summed E-state index contributed by atoms with van der Waals surface area (Å²) in [6, 6.07) is 4.23. The standard InChI is InChI=1S/C13H10F2N2/c1-2-9-7-16-13(17-8-9)10-3-4-11(6-14)12(15)5-10/h2-5,7-8H,1,6H2. The molecule has 0 fully saturated rings. The predicted molar refractivity (Wildman–Crippen MR) is 62.3 cm³/mol. The fourth-order valence-electron chi connectivity index (χ4n) is 1.39. The normalized spacial score (nSPS) is 10.2. The first-order valence-electron chi connectivity index (χ1n) is 5.04. The number of nitrogens with zero attached hydrogens (tertiary/aromatic N) is 2. The Labute approximate surface area is 97.7 Å². The van der Waals surface area contributed by atoms with Gasteiger partial charge in [0.15, 0.2) is 5.82 Å². The second-order valence-electron chi connectivity index (χ2n) is 3.48. The smallest absolute Gasteiger partial charge is 0.159 e. The fraction of sp³-hybridized carbons (Fsp3) is 0.0769. The van der Waals surface area contributed by atoms with Crippen LogP contribution in [0.5, 0.6) is 0 Å². The van der Waals surface area contributed by atoms with Gasteiger partial charge in [-0.15, -0.1) is 0 Å². The lowest BCUT2D eigenvalue weighted by molar-refractivity contribution is 0.464. The van der Waals surface area contributed by atoms with E-state index in [1.54, 1.807) is 24.5 Å². The van der Waals surface area contributed by atoms with Gasteiger partial charge in [0, 0.05) is 29.1 Å². The fourth-order valence-corrected chi connectivity index (χ4v) is 1.39. The molecule has 0 aliphatic rings. The van der Waals surface area contributed by atoms with E-state index >= 15 is 0 Å². The Hall–Kier alpha value is -2.10. The summed E-state index contributed by atoms with van der Waals surface area (Å²) in [5.41, 5.74) is 1.35. The summed E-state index contributed by atoms with van der Waals surface area (Å²) in [5.74, 6) is -0.179. The molecule has 0 N–H and O–H groups in total. The van der Waals surface area contributed by atoms with Crippen LogP contribution in [0, 0.1) is 5.82 Å². The van der Waals surface area contributed by atoms with Crippen molar-refractivity contribution in [2.45, 2.75) is 6.67 Å². The highest BCUT2D eigenvalue weighted by Gasteiger charge is 2.06. The highest BCUT2D eigenvalue weighted by atomic mass is 19.1. The number of aromatic nitrogens is 2. The van der Waals surface area contributed by atoms with E-state index in [0.29, 0.717) is 11.4 Å². The lowest BCUT2D eigenvalue weighted by Crippen LogP contribution is -1.92. The van der Waals surface area contributed by atoms with E-state index in [2.05, 4.69) is 16.5 Å². The molecule has 0 atom stereocenters. The number of rotatable bonds is 3. The van der Waals surface area contributed by atoms with Gasteiger partial charge in [0.25, 0.3) is 0 Å². The molecule has 0 saturated carbocycles. The van der Waals surface area contributed by atoms with Crippen LogP contribution >= 0.6 is 0 Å². The third kappa shape index (κ3) is 2.36. The molecular weight excluding hydrogens is 222 g/mol. The summed E-state index contributed by atoms with van der Waals surface area (Å²) in [7, 11) is 0. The summed E-state index contributed by atoms with van der Waals surface area (Å²) in [6.45, 7) is 2.77. The molecule has 4 heteroatoms. The van der Waals surface area contributed by atoms with Gasteiger partial charge < -0.3 is 0 Å². The average Bonchev–Trinajstić information content (AvgIpc) is 2.39. The summed E-state index contributed by atoms with van der Waals surface area (Å²) in [4.78, 5) is 8.15. The van der Waals surface area contributed by atoms with E-state index in [1.165, 1.54) is 12.1 Å². The van der Waals surface area contributed by atoms with Crippen molar-refractivity contribution in [2.75, 3.05) is 0 Å². The van der Waals surface area contributed by atoms with E-state index < -0.39 is 12.5 Å². The van der Waals surface area contributed by atoms with Crippen molar-refractivity contribution in [3.05, 3.63) is 54.1 Å². The Morgan fingerprint density at radius 2 is 1.94 bits per heavy atom. The summed E-state index contributed by atoms with van der Waals surface area (Å²) >= 11 is 0. The molecule has 0 amide bonds. The van der Waals surface area contributed by atoms with Gasteiger partial charge in [-0.2, -0.15) is 0 Å². The molecule has 0 aliphatic heterocycles. The topological polar surface area (TPSA) is 25.8 Å². The Morgan fingerprint density at radius 3 is 2.47 bits per heavy atom. The maximum atomic E-state index is 13.4. The number of benzene rings is 1. The lowest BCUT2D eigenvalue weighted by Gasteiger charge is -2.03. The molecule has 2 rings (SSSR count). The van der Waals surface area contributed by atoms with Crippen molar-refractivity contribution >= 4 is 6.08 Å². The zero-order valence-corrected chi connectivity index (χ0v) is 9.03. The third-order valence-corrected chi connectivity index (χ3v) is 2.36. The molecule has 1 aromatic heterocycles. The number of hydrogen-bond acceptors (Lipinski definition) is 2. The van der Waals surface area contributed by atoms with Crippen molar-refractivity contribution in [3.63, 3.8) is 0 Å². The van der Waals surface area contributed by atoms with Gasteiger partial charge in [0.05, 0.1) is 0 Å². The van der Waals surface area contributed by atoms with Gasteiger partial charge in [0.2, 0.25) is 0 Å². The quantitative estimate of drug-likeness (QED) is 0.810. The Kier molecular flexibility index (Phi) is 3.23. The second-order valence-corrected chi connectivity index (χ2v) is 3.48. The minimum atomic E-state index is -0.817. The maximum absolute atomic E-state index is 13.4. The third-order valence-electron chi connectivity index (χ3n) is 2.36. The van der Waals surface area contributed by atoms with Gasteiger partial charge in [-0.1, -0.05) is 24.8 Å². The van der Waals surface area contributed by atoms with Crippen LogP contribution in [0.15, 0.2) is 37.2 Å². The lowest BCUT2D eigenvalue weighted by atomic mass is 10.1. The molecule has 0 aliphatic carbocycles.